The lowest BCUT2D eigenvalue weighted by molar-refractivity contribution is -0.117. The highest BCUT2D eigenvalue weighted by Gasteiger charge is 2.12. The first-order valence-electron chi connectivity index (χ1n) is 5.75. The summed E-state index contributed by atoms with van der Waals surface area (Å²) in [6, 6.07) is 10.5. The van der Waals surface area contributed by atoms with Gasteiger partial charge in [0.15, 0.2) is 0 Å². The fourth-order valence-electron chi connectivity index (χ4n) is 1.76. The molecule has 0 bridgehead atoms. The predicted molar refractivity (Wildman–Crippen MR) is 84.1 cm³/mol. The van der Waals surface area contributed by atoms with E-state index < -0.39 is 5.91 Å². The number of nitrogens with two attached hydrogens (primary N) is 1. The minimum absolute atomic E-state index is 0.124. The van der Waals surface area contributed by atoms with Crippen LogP contribution >= 0.6 is 34.8 Å². The third kappa shape index (κ3) is 3.37. The van der Waals surface area contributed by atoms with Crippen LogP contribution in [0.4, 0.5) is 11.4 Å². The number of halogens is 3. The van der Waals surface area contributed by atoms with Crippen LogP contribution in [0.25, 0.3) is 0 Å². The Hall–Kier alpha value is -1.42. The number of benzene rings is 2. The van der Waals surface area contributed by atoms with Gasteiger partial charge in [-0.05, 0) is 23.8 Å². The first kappa shape index (κ1) is 15.0. The van der Waals surface area contributed by atoms with Crippen LogP contribution < -0.4 is 11.1 Å². The molecule has 2 aromatic rings. The van der Waals surface area contributed by atoms with Crippen LogP contribution in [0.2, 0.25) is 15.1 Å². The molecule has 0 saturated carbocycles. The van der Waals surface area contributed by atoms with E-state index in [9.17, 15) is 4.79 Å². The summed E-state index contributed by atoms with van der Waals surface area (Å²) in [4.78, 5) is 11.1. The number of nitrogens with one attached hydrogen (secondary N) is 1. The summed E-state index contributed by atoms with van der Waals surface area (Å²) in [7, 11) is 0. The predicted octanol–water partition coefficient (Wildman–Crippen LogP) is 4.42. The van der Waals surface area contributed by atoms with E-state index >= 15 is 0 Å². The van der Waals surface area contributed by atoms with Gasteiger partial charge < -0.3 is 11.1 Å². The number of rotatable bonds is 4. The summed E-state index contributed by atoms with van der Waals surface area (Å²) < 4.78 is 0. The molecule has 0 aliphatic rings. The van der Waals surface area contributed by atoms with Crippen LogP contribution in [-0.2, 0) is 11.2 Å². The summed E-state index contributed by atoms with van der Waals surface area (Å²) >= 11 is 18.2. The molecule has 0 spiro atoms. The number of hydrogen-bond acceptors (Lipinski definition) is 2. The third-order valence-corrected chi connectivity index (χ3v) is 3.80. The molecule has 0 saturated heterocycles. The number of carbonyl (C=O) groups is 1. The molecular formula is C14H11Cl3N2O. The molecule has 0 radical (unpaired) electrons. The maximum atomic E-state index is 11.1. The van der Waals surface area contributed by atoms with E-state index in [1.54, 1.807) is 18.2 Å². The Kier molecular flexibility index (Phi) is 4.76. The summed E-state index contributed by atoms with van der Waals surface area (Å²) in [5.74, 6) is -0.414. The standard InChI is InChI=1S/C14H11Cl3N2O/c15-9-5-6-10(16)14(13(9)17)19-11-4-2-1-3-8(11)7-12(18)20/h1-6,19H,7H2,(H2,18,20). The van der Waals surface area contributed by atoms with Gasteiger partial charge in [-0.1, -0.05) is 53.0 Å². The molecule has 3 nitrogen and oxygen atoms in total. The molecule has 0 atom stereocenters. The monoisotopic (exact) mass is 328 g/mol. The summed E-state index contributed by atoms with van der Waals surface area (Å²) in [6.07, 6.45) is 0.124. The van der Waals surface area contributed by atoms with Crippen molar-refractivity contribution in [3.8, 4) is 0 Å². The van der Waals surface area contributed by atoms with Gasteiger partial charge in [0.05, 0.1) is 27.2 Å². The Morgan fingerprint density at radius 3 is 2.40 bits per heavy atom. The van der Waals surface area contributed by atoms with Crippen LogP contribution in [0.1, 0.15) is 5.56 Å². The number of amides is 1. The average Bonchev–Trinajstić information content (AvgIpc) is 2.40. The second kappa shape index (κ2) is 6.35. The number of carbonyl (C=O) groups excluding carboxylic acids is 1. The zero-order valence-electron chi connectivity index (χ0n) is 10.3. The first-order chi connectivity index (χ1) is 9.49. The first-order valence-corrected chi connectivity index (χ1v) is 6.89. The van der Waals surface area contributed by atoms with Gasteiger partial charge in [0.1, 0.15) is 0 Å². The molecular weight excluding hydrogens is 319 g/mol. The van der Waals surface area contributed by atoms with Crippen LogP contribution in [0, 0.1) is 0 Å². The van der Waals surface area contributed by atoms with Crippen LogP contribution in [-0.4, -0.2) is 5.91 Å². The molecule has 1 amide bonds. The van der Waals surface area contributed by atoms with Gasteiger partial charge in [0.25, 0.3) is 0 Å². The second-order valence-corrected chi connectivity index (χ2v) is 5.34. The summed E-state index contributed by atoms with van der Waals surface area (Å²) in [5.41, 5.74) is 7.19. The molecule has 104 valence electrons. The van der Waals surface area contributed by atoms with E-state index in [-0.39, 0.29) is 6.42 Å². The van der Waals surface area contributed by atoms with E-state index in [2.05, 4.69) is 5.32 Å². The molecule has 0 aromatic heterocycles. The summed E-state index contributed by atoms with van der Waals surface area (Å²) in [5, 5.41) is 4.26. The fourth-order valence-corrected chi connectivity index (χ4v) is 2.38. The quantitative estimate of drug-likeness (QED) is 0.816. The van der Waals surface area contributed by atoms with Crippen LogP contribution in [0.15, 0.2) is 36.4 Å². The topological polar surface area (TPSA) is 55.1 Å². The highest BCUT2D eigenvalue weighted by molar-refractivity contribution is 6.46. The maximum absolute atomic E-state index is 11.1. The molecule has 2 aromatic carbocycles. The molecule has 2 rings (SSSR count). The third-order valence-electron chi connectivity index (χ3n) is 2.69. The van der Waals surface area contributed by atoms with E-state index in [1.165, 1.54) is 0 Å². The normalized spacial score (nSPS) is 10.3. The van der Waals surface area contributed by atoms with E-state index in [0.29, 0.717) is 26.4 Å². The van der Waals surface area contributed by atoms with Crippen molar-refractivity contribution in [3.05, 3.63) is 57.0 Å². The zero-order valence-corrected chi connectivity index (χ0v) is 12.6. The lowest BCUT2D eigenvalue weighted by Crippen LogP contribution is -2.14. The van der Waals surface area contributed by atoms with Crippen molar-refractivity contribution < 1.29 is 4.79 Å². The largest absolute Gasteiger partial charge is 0.369 e. The molecule has 20 heavy (non-hydrogen) atoms. The number of para-hydroxylation sites is 1. The Bertz CT molecular complexity index is 659. The number of hydrogen-bond donors (Lipinski definition) is 2. The Morgan fingerprint density at radius 2 is 1.70 bits per heavy atom. The molecule has 6 heteroatoms. The van der Waals surface area contributed by atoms with Crippen molar-refractivity contribution in [2.75, 3.05) is 5.32 Å². The number of primary amides is 1. The van der Waals surface area contributed by atoms with Crippen molar-refractivity contribution in [3.63, 3.8) is 0 Å². The Morgan fingerprint density at radius 1 is 1.05 bits per heavy atom. The summed E-state index contributed by atoms with van der Waals surface area (Å²) in [6.45, 7) is 0. The SMILES string of the molecule is NC(=O)Cc1ccccc1Nc1c(Cl)ccc(Cl)c1Cl. The fraction of sp³-hybridized carbons (Fsp3) is 0.0714. The maximum Gasteiger partial charge on any atom is 0.221 e. The van der Waals surface area contributed by atoms with Gasteiger partial charge >= 0.3 is 0 Å². The number of anilines is 2. The van der Waals surface area contributed by atoms with Gasteiger partial charge in [-0.15, -0.1) is 0 Å². The highest BCUT2D eigenvalue weighted by atomic mass is 35.5. The van der Waals surface area contributed by atoms with Crippen molar-refractivity contribution in [1.29, 1.82) is 0 Å². The lowest BCUT2D eigenvalue weighted by atomic mass is 10.1. The molecule has 0 heterocycles. The molecule has 3 N–H and O–H groups in total. The molecule has 0 unspecified atom stereocenters. The van der Waals surface area contributed by atoms with Crippen LogP contribution in [0.5, 0.6) is 0 Å². The molecule has 0 aliphatic carbocycles. The minimum Gasteiger partial charge on any atom is -0.369 e. The highest BCUT2D eigenvalue weighted by Crippen LogP contribution is 2.38. The van der Waals surface area contributed by atoms with Crippen LogP contribution in [0.3, 0.4) is 0 Å². The van der Waals surface area contributed by atoms with Gasteiger partial charge in [-0.25, -0.2) is 0 Å². The Labute approximate surface area is 131 Å². The Balaban J connectivity index is 2.40. The van der Waals surface area contributed by atoms with Gasteiger partial charge in [0.2, 0.25) is 5.91 Å². The minimum atomic E-state index is -0.414. The van der Waals surface area contributed by atoms with Gasteiger partial charge in [-0.3, -0.25) is 4.79 Å². The average molecular weight is 330 g/mol. The smallest absolute Gasteiger partial charge is 0.221 e. The van der Waals surface area contributed by atoms with E-state index in [0.717, 1.165) is 5.56 Å². The van der Waals surface area contributed by atoms with Crippen molar-refractivity contribution >= 4 is 52.1 Å². The zero-order chi connectivity index (χ0) is 14.7. The molecule has 0 aliphatic heterocycles. The van der Waals surface area contributed by atoms with Crippen molar-refractivity contribution in [2.24, 2.45) is 5.73 Å². The van der Waals surface area contributed by atoms with E-state index in [1.807, 2.05) is 18.2 Å². The molecule has 0 fully saturated rings. The lowest BCUT2D eigenvalue weighted by Gasteiger charge is -2.14. The van der Waals surface area contributed by atoms with Gasteiger partial charge in [-0.2, -0.15) is 0 Å². The van der Waals surface area contributed by atoms with Crippen molar-refractivity contribution in [1.82, 2.24) is 0 Å². The van der Waals surface area contributed by atoms with Crippen molar-refractivity contribution in [2.45, 2.75) is 6.42 Å². The second-order valence-electron chi connectivity index (χ2n) is 4.14. The van der Waals surface area contributed by atoms with Gasteiger partial charge in [0, 0.05) is 5.69 Å². The van der Waals surface area contributed by atoms with E-state index in [4.69, 9.17) is 40.5 Å².